The number of rotatable bonds is 6. The largest absolute Gasteiger partial charge is 0.370 e. The van der Waals surface area contributed by atoms with Crippen LogP contribution in [0.3, 0.4) is 0 Å². The highest BCUT2D eigenvalue weighted by Gasteiger charge is 2.13. The van der Waals surface area contributed by atoms with Crippen LogP contribution >= 0.6 is 0 Å². The topological polar surface area (TPSA) is 53.6 Å². The maximum atomic E-state index is 6.09. The van der Waals surface area contributed by atoms with Crippen LogP contribution in [0.15, 0.2) is 23.2 Å². The third-order valence-electron chi connectivity index (χ3n) is 4.62. The number of nitrogens with zero attached hydrogens (tertiary/aromatic N) is 2. The quantitative estimate of drug-likeness (QED) is 0.627. The summed E-state index contributed by atoms with van der Waals surface area (Å²) in [6.45, 7) is 9.40. The van der Waals surface area contributed by atoms with Crippen molar-refractivity contribution >= 4 is 11.6 Å². The molecular formula is C18H30N4. The summed E-state index contributed by atoms with van der Waals surface area (Å²) in [6, 6.07) is 6.87. The Morgan fingerprint density at radius 1 is 1.27 bits per heavy atom. The zero-order valence-electron chi connectivity index (χ0n) is 14.2. The van der Waals surface area contributed by atoms with E-state index >= 15 is 0 Å². The average molecular weight is 302 g/mol. The van der Waals surface area contributed by atoms with E-state index in [9.17, 15) is 0 Å². The number of hydrogen-bond acceptors (Lipinski definition) is 2. The van der Waals surface area contributed by atoms with Gasteiger partial charge in [-0.3, -0.25) is 9.89 Å². The van der Waals surface area contributed by atoms with Crippen molar-refractivity contribution in [1.29, 1.82) is 0 Å². The molecule has 1 aliphatic rings. The van der Waals surface area contributed by atoms with Crippen molar-refractivity contribution < 1.29 is 0 Å². The van der Waals surface area contributed by atoms with Gasteiger partial charge in [0.05, 0.1) is 6.54 Å². The fourth-order valence-corrected chi connectivity index (χ4v) is 3.27. The molecule has 4 heteroatoms. The summed E-state index contributed by atoms with van der Waals surface area (Å²) in [6.07, 6.45) is 4.88. The first-order chi connectivity index (χ1) is 10.7. The minimum Gasteiger partial charge on any atom is -0.370 e. The molecule has 122 valence electrons. The maximum Gasteiger partial charge on any atom is 0.193 e. The van der Waals surface area contributed by atoms with Gasteiger partial charge in [-0.2, -0.15) is 0 Å². The number of guanidine groups is 1. The molecule has 22 heavy (non-hydrogen) atoms. The summed E-state index contributed by atoms with van der Waals surface area (Å²) < 4.78 is 0. The molecule has 1 aromatic rings. The highest BCUT2D eigenvalue weighted by Crippen LogP contribution is 2.27. The van der Waals surface area contributed by atoms with Crippen molar-refractivity contribution in [3.8, 4) is 0 Å². The summed E-state index contributed by atoms with van der Waals surface area (Å²) >= 11 is 0. The molecule has 0 aliphatic heterocycles. The summed E-state index contributed by atoms with van der Waals surface area (Å²) in [5.74, 6) is 0.526. The smallest absolute Gasteiger partial charge is 0.193 e. The third kappa shape index (κ3) is 4.23. The van der Waals surface area contributed by atoms with Gasteiger partial charge < -0.3 is 11.1 Å². The number of aryl methyl sites for hydroxylation is 1. The van der Waals surface area contributed by atoms with E-state index in [2.05, 4.69) is 54.2 Å². The second kappa shape index (κ2) is 8.18. The monoisotopic (exact) mass is 302 g/mol. The van der Waals surface area contributed by atoms with E-state index in [1.165, 1.54) is 30.4 Å². The molecule has 0 amide bonds. The molecule has 1 unspecified atom stereocenters. The summed E-state index contributed by atoms with van der Waals surface area (Å²) in [4.78, 5) is 6.92. The van der Waals surface area contributed by atoms with Crippen molar-refractivity contribution in [2.24, 2.45) is 10.7 Å². The molecule has 1 aromatic carbocycles. The summed E-state index contributed by atoms with van der Waals surface area (Å²) in [5.41, 5.74) is 10.1. The van der Waals surface area contributed by atoms with Crippen LogP contribution in [0.1, 0.15) is 44.7 Å². The molecular weight excluding hydrogens is 272 g/mol. The van der Waals surface area contributed by atoms with Crippen LogP contribution in [0.5, 0.6) is 0 Å². The molecule has 0 saturated heterocycles. The Balaban J connectivity index is 2.00. The van der Waals surface area contributed by atoms with E-state index in [-0.39, 0.29) is 0 Å². The molecule has 1 atom stereocenters. The number of fused-ring (bicyclic) bond motifs is 1. The molecule has 0 spiro atoms. The second-order valence-corrected chi connectivity index (χ2v) is 6.07. The average Bonchev–Trinajstić information content (AvgIpc) is 2.54. The first kappa shape index (κ1) is 16.8. The van der Waals surface area contributed by atoms with Crippen LogP contribution in [0, 0.1) is 0 Å². The molecule has 0 fully saturated rings. The lowest BCUT2D eigenvalue weighted by Crippen LogP contribution is -2.36. The molecule has 0 saturated carbocycles. The van der Waals surface area contributed by atoms with Gasteiger partial charge in [0.1, 0.15) is 0 Å². The second-order valence-electron chi connectivity index (χ2n) is 6.07. The Morgan fingerprint density at radius 3 is 2.73 bits per heavy atom. The predicted octanol–water partition coefficient (Wildman–Crippen LogP) is 3.02. The fourth-order valence-electron chi connectivity index (χ4n) is 3.27. The molecule has 0 aromatic heterocycles. The molecule has 4 nitrogen and oxygen atoms in total. The normalized spacial score (nSPS) is 16.5. The molecule has 0 radical (unpaired) electrons. The van der Waals surface area contributed by atoms with E-state index in [0.29, 0.717) is 12.0 Å². The Bertz CT molecular complexity index is 506. The van der Waals surface area contributed by atoms with E-state index in [1.54, 1.807) is 0 Å². The van der Waals surface area contributed by atoms with Crippen molar-refractivity contribution in [2.75, 3.05) is 25.0 Å². The van der Waals surface area contributed by atoms with Gasteiger partial charge in [-0.05, 0) is 62.9 Å². The van der Waals surface area contributed by atoms with E-state index in [0.717, 1.165) is 31.7 Å². The van der Waals surface area contributed by atoms with Crippen molar-refractivity contribution in [2.45, 2.75) is 52.5 Å². The van der Waals surface area contributed by atoms with Crippen molar-refractivity contribution in [3.05, 3.63) is 29.3 Å². The van der Waals surface area contributed by atoms with Gasteiger partial charge in [0.25, 0.3) is 0 Å². The van der Waals surface area contributed by atoms with Crippen LogP contribution < -0.4 is 11.1 Å². The van der Waals surface area contributed by atoms with E-state index in [4.69, 9.17) is 5.73 Å². The zero-order chi connectivity index (χ0) is 15.9. The molecule has 1 aliphatic carbocycles. The minimum absolute atomic E-state index is 0.417. The van der Waals surface area contributed by atoms with Crippen LogP contribution in [0.4, 0.5) is 5.69 Å². The lowest BCUT2D eigenvalue weighted by molar-refractivity contribution is 0.237. The lowest BCUT2D eigenvalue weighted by Gasteiger charge is -2.25. The van der Waals surface area contributed by atoms with Crippen LogP contribution in [0.2, 0.25) is 0 Å². The van der Waals surface area contributed by atoms with Gasteiger partial charge in [-0.15, -0.1) is 0 Å². The van der Waals surface area contributed by atoms with E-state index < -0.39 is 0 Å². The Labute approximate surface area is 134 Å². The van der Waals surface area contributed by atoms with E-state index in [1.807, 2.05) is 0 Å². The molecule has 2 rings (SSSR count). The third-order valence-corrected chi connectivity index (χ3v) is 4.62. The van der Waals surface area contributed by atoms with Crippen LogP contribution in [-0.2, 0) is 12.8 Å². The molecule has 0 bridgehead atoms. The number of hydrogen-bond donors (Lipinski definition) is 2. The van der Waals surface area contributed by atoms with Gasteiger partial charge in [0.2, 0.25) is 0 Å². The Kier molecular flexibility index (Phi) is 6.25. The summed E-state index contributed by atoms with van der Waals surface area (Å²) in [5, 5.41) is 3.31. The number of likely N-dealkylation sites (N-methyl/N-ethyl adjacent to an activating group) is 1. The standard InChI is InChI=1S/C18H30N4/c1-4-22(5-2)14(3)13-20-18(19)21-17-12-8-10-15-9-6-7-11-16(15)17/h8,10,12,14H,4-7,9,11,13H2,1-3H3,(H3,19,20,21). The first-order valence-corrected chi connectivity index (χ1v) is 8.57. The van der Waals surface area contributed by atoms with Crippen molar-refractivity contribution in [1.82, 2.24) is 4.90 Å². The molecule has 0 heterocycles. The minimum atomic E-state index is 0.417. The predicted molar refractivity (Wildman–Crippen MR) is 95.6 cm³/mol. The number of nitrogens with two attached hydrogens (primary N) is 1. The number of aliphatic imine (C=N–C) groups is 1. The highest BCUT2D eigenvalue weighted by molar-refractivity contribution is 5.93. The van der Waals surface area contributed by atoms with Gasteiger partial charge >= 0.3 is 0 Å². The molecule has 3 N–H and O–H groups in total. The fraction of sp³-hybridized carbons (Fsp3) is 0.611. The Morgan fingerprint density at radius 2 is 2.00 bits per heavy atom. The van der Waals surface area contributed by atoms with Gasteiger partial charge in [0, 0.05) is 11.7 Å². The van der Waals surface area contributed by atoms with Gasteiger partial charge in [0.15, 0.2) is 5.96 Å². The van der Waals surface area contributed by atoms with Crippen molar-refractivity contribution in [3.63, 3.8) is 0 Å². The number of nitrogens with one attached hydrogen (secondary N) is 1. The van der Waals surface area contributed by atoms with Gasteiger partial charge in [-0.1, -0.05) is 26.0 Å². The van der Waals surface area contributed by atoms with Crippen LogP contribution in [0.25, 0.3) is 0 Å². The maximum absolute atomic E-state index is 6.09. The number of benzene rings is 1. The van der Waals surface area contributed by atoms with Crippen LogP contribution in [-0.4, -0.2) is 36.5 Å². The zero-order valence-corrected chi connectivity index (χ0v) is 14.2. The SMILES string of the molecule is CCN(CC)C(C)CN=C(N)Nc1cccc2c1CCCC2. The highest BCUT2D eigenvalue weighted by atomic mass is 15.2. The van der Waals surface area contributed by atoms with Gasteiger partial charge in [-0.25, -0.2) is 0 Å². The summed E-state index contributed by atoms with van der Waals surface area (Å²) in [7, 11) is 0. The lowest BCUT2D eigenvalue weighted by atomic mass is 9.90. The Hall–Kier alpha value is -1.55. The first-order valence-electron chi connectivity index (χ1n) is 8.57. The number of anilines is 1.